The minimum absolute atomic E-state index is 0.0998. The van der Waals surface area contributed by atoms with Gasteiger partial charge in [0.1, 0.15) is 12.1 Å². The Morgan fingerprint density at radius 3 is 2.37 bits per heavy atom. The number of amides is 1. The maximum atomic E-state index is 12.7. The Labute approximate surface area is 172 Å². The zero-order valence-electron chi connectivity index (χ0n) is 16.4. The standard InChI is InChI=1S/C24H19N5O/c1-16(17-9-3-2-4-10-17)27-28-22(30)15-29-21-14-8-5-11-18(21)23-24(29)26-20-13-7-6-12-19(20)25-23/h2-14H,15H2,1H3,(H,28,30)/b27-16-. The summed E-state index contributed by atoms with van der Waals surface area (Å²) in [4.78, 5) is 22.3. The molecule has 0 saturated heterocycles. The SMILES string of the molecule is C/C(=N/NC(=O)Cn1c2ccccc2c2nc3ccccc3nc21)c1ccccc1. The van der Waals surface area contributed by atoms with E-state index in [1.54, 1.807) is 0 Å². The normalized spacial score (nSPS) is 12.0. The second kappa shape index (κ2) is 7.40. The largest absolute Gasteiger partial charge is 0.314 e. The van der Waals surface area contributed by atoms with Crippen molar-refractivity contribution in [3.8, 4) is 0 Å². The number of carbonyl (C=O) groups is 1. The number of nitrogens with one attached hydrogen (secondary N) is 1. The number of hydrogen-bond acceptors (Lipinski definition) is 4. The fourth-order valence-electron chi connectivity index (χ4n) is 3.61. The number of rotatable bonds is 4. The van der Waals surface area contributed by atoms with E-state index in [1.807, 2.05) is 90.4 Å². The van der Waals surface area contributed by atoms with Gasteiger partial charge < -0.3 is 4.57 Å². The molecule has 5 rings (SSSR count). The second-order valence-corrected chi connectivity index (χ2v) is 7.09. The number of fused-ring (bicyclic) bond motifs is 4. The first-order chi connectivity index (χ1) is 14.7. The van der Waals surface area contributed by atoms with Crippen molar-refractivity contribution in [1.29, 1.82) is 0 Å². The van der Waals surface area contributed by atoms with Gasteiger partial charge in [-0.05, 0) is 30.7 Å². The van der Waals surface area contributed by atoms with Crippen LogP contribution in [0.2, 0.25) is 0 Å². The lowest BCUT2D eigenvalue weighted by Crippen LogP contribution is -2.24. The van der Waals surface area contributed by atoms with Crippen molar-refractivity contribution >= 4 is 44.7 Å². The summed E-state index contributed by atoms with van der Waals surface area (Å²) >= 11 is 0. The quantitative estimate of drug-likeness (QED) is 0.366. The van der Waals surface area contributed by atoms with Crippen LogP contribution in [0, 0.1) is 0 Å². The minimum Gasteiger partial charge on any atom is -0.314 e. The summed E-state index contributed by atoms with van der Waals surface area (Å²) in [6.45, 7) is 1.97. The highest BCUT2D eigenvalue weighted by Gasteiger charge is 2.16. The number of para-hydroxylation sites is 3. The van der Waals surface area contributed by atoms with Crippen LogP contribution in [0.3, 0.4) is 0 Å². The van der Waals surface area contributed by atoms with Crippen molar-refractivity contribution in [2.45, 2.75) is 13.5 Å². The average molecular weight is 393 g/mol. The van der Waals surface area contributed by atoms with E-state index in [1.165, 1.54) is 0 Å². The predicted octanol–water partition coefficient (Wildman–Crippen LogP) is 4.28. The molecular formula is C24H19N5O. The van der Waals surface area contributed by atoms with Crippen LogP contribution < -0.4 is 5.43 Å². The number of hydrogen-bond donors (Lipinski definition) is 1. The molecule has 30 heavy (non-hydrogen) atoms. The first-order valence-corrected chi connectivity index (χ1v) is 9.73. The molecule has 0 aliphatic rings. The zero-order chi connectivity index (χ0) is 20.5. The summed E-state index contributed by atoms with van der Waals surface area (Å²) in [5.41, 5.74) is 8.41. The Bertz CT molecular complexity index is 1420. The van der Waals surface area contributed by atoms with E-state index >= 15 is 0 Å². The van der Waals surface area contributed by atoms with Crippen LogP contribution in [0.15, 0.2) is 84.0 Å². The van der Waals surface area contributed by atoms with E-state index in [0.717, 1.165) is 38.7 Å². The van der Waals surface area contributed by atoms with Gasteiger partial charge in [-0.3, -0.25) is 4.79 Å². The molecule has 0 saturated carbocycles. The lowest BCUT2D eigenvalue weighted by Gasteiger charge is -2.07. The molecule has 3 aromatic carbocycles. The lowest BCUT2D eigenvalue weighted by atomic mass is 10.1. The molecule has 0 radical (unpaired) electrons. The molecule has 1 N–H and O–H groups in total. The van der Waals surface area contributed by atoms with Crippen LogP contribution in [0.4, 0.5) is 0 Å². The summed E-state index contributed by atoms with van der Waals surface area (Å²) in [6.07, 6.45) is 0. The first kappa shape index (κ1) is 18.0. The molecule has 6 heteroatoms. The number of carbonyl (C=O) groups excluding carboxylic acids is 1. The molecular weight excluding hydrogens is 374 g/mol. The molecule has 0 bridgehead atoms. The van der Waals surface area contributed by atoms with Gasteiger partial charge in [-0.2, -0.15) is 5.10 Å². The molecule has 5 aromatic rings. The molecule has 1 amide bonds. The van der Waals surface area contributed by atoms with E-state index in [0.29, 0.717) is 5.65 Å². The number of nitrogens with zero attached hydrogens (tertiary/aromatic N) is 4. The summed E-state index contributed by atoms with van der Waals surface area (Å²) in [7, 11) is 0. The molecule has 0 unspecified atom stereocenters. The van der Waals surface area contributed by atoms with Gasteiger partial charge in [-0.25, -0.2) is 15.4 Å². The van der Waals surface area contributed by atoms with Gasteiger partial charge in [0.25, 0.3) is 5.91 Å². The average Bonchev–Trinajstić information content (AvgIpc) is 3.09. The molecule has 6 nitrogen and oxygen atoms in total. The maximum Gasteiger partial charge on any atom is 0.260 e. The van der Waals surface area contributed by atoms with Crippen LogP contribution in [0.5, 0.6) is 0 Å². The highest BCUT2D eigenvalue weighted by Crippen LogP contribution is 2.27. The fourth-order valence-corrected chi connectivity index (χ4v) is 3.61. The van der Waals surface area contributed by atoms with Crippen LogP contribution in [-0.2, 0) is 11.3 Å². The second-order valence-electron chi connectivity index (χ2n) is 7.09. The molecule has 0 spiro atoms. The minimum atomic E-state index is -0.220. The summed E-state index contributed by atoms with van der Waals surface area (Å²) < 4.78 is 1.90. The van der Waals surface area contributed by atoms with E-state index in [4.69, 9.17) is 9.97 Å². The molecule has 0 aliphatic carbocycles. The zero-order valence-corrected chi connectivity index (χ0v) is 16.4. The van der Waals surface area contributed by atoms with Crippen molar-refractivity contribution in [3.05, 3.63) is 84.4 Å². The van der Waals surface area contributed by atoms with Gasteiger partial charge >= 0.3 is 0 Å². The smallest absolute Gasteiger partial charge is 0.260 e. The van der Waals surface area contributed by atoms with E-state index in [2.05, 4.69) is 10.5 Å². The Balaban J connectivity index is 1.53. The van der Waals surface area contributed by atoms with E-state index in [9.17, 15) is 4.79 Å². The van der Waals surface area contributed by atoms with Crippen LogP contribution in [-0.4, -0.2) is 26.2 Å². The van der Waals surface area contributed by atoms with Gasteiger partial charge in [0, 0.05) is 5.39 Å². The van der Waals surface area contributed by atoms with Gasteiger partial charge in [0.2, 0.25) is 0 Å². The van der Waals surface area contributed by atoms with Gasteiger partial charge in [-0.1, -0.05) is 60.7 Å². The topological polar surface area (TPSA) is 72.2 Å². The summed E-state index contributed by atoms with van der Waals surface area (Å²) in [5.74, 6) is -0.220. The highest BCUT2D eigenvalue weighted by atomic mass is 16.2. The number of benzene rings is 3. The third kappa shape index (κ3) is 3.18. The van der Waals surface area contributed by atoms with Crippen LogP contribution in [0.25, 0.3) is 33.1 Å². The monoisotopic (exact) mass is 393 g/mol. The third-order valence-electron chi connectivity index (χ3n) is 5.10. The summed E-state index contributed by atoms with van der Waals surface area (Å²) in [6, 6.07) is 25.4. The summed E-state index contributed by atoms with van der Waals surface area (Å²) in [5, 5.41) is 5.23. The van der Waals surface area contributed by atoms with Crippen molar-refractivity contribution in [2.75, 3.05) is 0 Å². The number of aromatic nitrogens is 3. The third-order valence-corrected chi connectivity index (χ3v) is 5.10. The Morgan fingerprint density at radius 2 is 1.57 bits per heavy atom. The molecule has 0 aliphatic heterocycles. The Hall–Kier alpha value is -4.06. The van der Waals surface area contributed by atoms with E-state index < -0.39 is 0 Å². The molecule has 2 heterocycles. The highest BCUT2D eigenvalue weighted by molar-refractivity contribution is 6.07. The van der Waals surface area contributed by atoms with Gasteiger partial charge in [0.15, 0.2) is 5.65 Å². The van der Waals surface area contributed by atoms with Crippen molar-refractivity contribution in [1.82, 2.24) is 20.0 Å². The van der Waals surface area contributed by atoms with Crippen LogP contribution >= 0.6 is 0 Å². The Morgan fingerprint density at radius 1 is 0.900 bits per heavy atom. The van der Waals surface area contributed by atoms with Gasteiger partial charge in [0.05, 0.1) is 22.3 Å². The first-order valence-electron chi connectivity index (χ1n) is 9.73. The van der Waals surface area contributed by atoms with E-state index in [-0.39, 0.29) is 12.5 Å². The number of hydrazone groups is 1. The molecule has 0 atom stereocenters. The fraction of sp³-hybridized carbons (Fsp3) is 0.0833. The molecule has 146 valence electrons. The van der Waals surface area contributed by atoms with Crippen molar-refractivity contribution in [2.24, 2.45) is 5.10 Å². The molecule has 2 aromatic heterocycles. The van der Waals surface area contributed by atoms with Crippen LogP contribution in [0.1, 0.15) is 12.5 Å². The predicted molar refractivity (Wildman–Crippen MR) is 119 cm³/mol. The van der Waals surface area contributed by atoms with Crippen molar-refractivity contribution < 1.29 is 4.79 Å². The van der Waals surface area contributed by atoms with Crippen molar-refractivity contribution in [3.63, 3.8) is 0 Å². The lowest BCUT2D eigenvalue weighted by molar-refractivity contribution is -0.121. The van der Waals surface area contributed by atoms with Gasteiger partial charge in [-0.15, -0.1) is 0 Å². The maximum absolute atomic E-state index is 12.7. The Kier molecular flexibility index (Phi) is 4.44. The molecule has 0 fully saturated rings.